The third kappa shape index (κ3) is 6.40. The van der Waals surface area contributed by atoms with E-state index >= 15 is 0 Å². The molecule has 10 nitrogen and oxygen atoms in total. The van der Waals surface area contributed by atoms with Gasteiger partial charge in [-0.3, -0.25) is 19.2 Å². The van der Waals surface area contributed by atoms with Gasteiger partial charge in [0.05, 0.1) is 37.1 Å². The highest BCUT2D eigenvalue weighted by atomic mass is 16.6. The molecule has 4 rings (SSSR count). The molecule has 0 aliphatic carbocycles. The molecule has 43 heavy (non-hydrogen) atoms. The molecule has 3 fully saturated rings. The van der Waals surface area contributed by atoms with Crippen LogP contribution in [0.3, 0.4) is 0 Å². The van der Waals surface area contributed by atoms with Gasteiger partial charge in [0.1, 0.15) is 17.7 Å². The van der Waals surface area contributed by atoms with E-state index in [0.717, 1.165) is 5.56 Å². The number of likely N-dealkylation sites (tertiary alicyclic amines) is 1. The lowest BCUT2D eigenvalue weighted by atomic mass is 9.70. The van der Waals surface area contributed by atoms with Gasteiger partial charge in [0, 0.05) is 19.0 Å². The van der Waals surface area contributed by atoms with Crippen molar-refractivity contribution < 1.29 is 33.8 Å². The Morgan fingerprint density at radius 2 is 1.93 bits per heavy atom. The molecule has 1 spiro atoms. The normalized spacial score (nSPS) is 27.0. The maximum Gasteiger partial charge on any atom is 0.312 e. The second kappa shape index (κ2) is 13.9. The molecular weight excluding hydrogens is 550 g/mol. The highest BCUT2D eigenvalue weighted by molar-refractivity contribution is 5.98. The van der Waals surface area contributed by atoms with Crippen molar-refractivity contribution in [3.05, 3.63) is 61.2 Å². The van der Waals surface area contributed by atoms with Crippen molar-refractivity contribution in [2.45, 2.75) is 88.8 Å². The van der Waals surface area contributed by atoms with Gasteiger partial charge in [-0.05, 0) is 52.0 Å². The number of allylic oxidation sites excluding steroid dienone is 1. The van der Waals surface area contributed by atoms with Crippen LogP contribution in [0.1, 0.15) is 52.0 Å². The third-order valence-electron chi connectivity index (χ3n) is 8.87. The summed E-state index contributed by atoms with van der Waals surface area (Å²) in [5.74, 6) is -3.25. The number of rotatable bonds is 15. The summed E-state index contributed by atoms with van der Waals surface area (Å²) in [5, 5.41) is 13.3. The van der Waals surface area contributed by atoms with Gasteiger partial charge < -0.3 is 29.7 Å². The summed E-state index contributed by atoms with van der Waals surface area (Å²) >= 11 is 0. The van der Waals surface area contributed by atoms with Crippen LogP contribution < -0.4 is 5.32 Å². The lowest BCUT2D eigenvalue weighted by Crippen LogP contribution is -2.60. The molecule has 3 heterocycles. The number of ether oxygens (including phenoxy) is 2. The number of hydrogen-bond donors (Lipinski definition) is 2. The molecule has 0 unspecified atom stereocenters. The molecule has 3 aliphatic rings. The molecule has 10 heteroatoms. The van der Waals surface area contributed by atoms with Gasteiger partial charge in [-0.25, -0.2) is 0 Å². The summed E-state index contributed by atoms with van der Waals surface area (Å²) in [6.45, 7) is 13.0. The van der Waals surface area contributed by atoms with E-state index < -0.39 is 47.7 Å². The molecule has 1 aromatic rings. The number of carbonyl (C=O) groups excluding carboxylic acids is 4. The van der Waals surface area contributed by atoms with Crippen LogP contribution >= 0.6 is 0 Å². The topological polar surface area (TPSA) is 125 Å². The number of benzene rings is 1. The van der Waals surface area contributed by atoms with Crippen LogP contribution in [0.2, 0.25) is 0 Å². The number of aliphatic hydroxyl groups is 1. The fourth-order valence-corrected chi connectivity index (χ4v) is 6.92. The zero-order chi connectivity index (χ0) is 31.3. The van der Waals surface area contributed by atoms with E-state index in [2.05, 4.69) is 18.5 Å². The van der Waals surface area contributed by atoms with Crippen LogP contribution in [0.4, 0.5) is 0 Å². The molecule has 0 radical (unpaired) electrons. The largest absolute Gasteiger partial charge is 0.460 e. The highest BCUT2D eigenvalue weighted by Crippen LogP contribution is 2.59. The molecule has 3 saturated heterocycles. The van der Waals surface area contributed by atoms with Crippen LogP contribution in [-0.4, -0.2) is 94.2 Å². The maximum absolute atomic E-state index is 14.4. The lowest BCUT2D eigenvalue weighted by molar-refractivity contribution is -0.160. The van der Waals surface area contributed by atoms with E-state index in [1.165, 1.54) is 4.90 Å². The van der Waals surface area contributed by atoms with Gasteiger partial charge in [0.2, 0.25) is 17.7 Å². The Kier molecular flexibility index (Phi) is 10.4. The van der Waals surface area contributed by atoms with Crippen molar-refractivity contribution in [2.75, 3.05) is 19.7 Å². The Labute approximate surface area is 254 Å². The molecule has 7 atom stereocenters. The minimum absolute atomic E-state index is 0.130. The number of esters is 1. The Morgan fingerprint density at radius 1 is 1.21 bits per heavy atom. The quantitative estimate of drug-likeness (QED) is 0.236. The minimum Gasteiger partial charge on any atom is -0.460 e. The first-order valence-corrected chi connectivity index (χ1v) is 15.2. The van der Waals surface area contributed by atoms with Crippen LogP contribution in [0, 0.1) is 11.8 Å². The van der Waals surface area contributed by atoms with Crippen molar-refractivity contribution in [3.63, 3.8) is 0 Å². The van der Waals surface area contributed by atoms with Crippen molar-refractivity contribution >= 4 is 23.7 Å². The Hall–Kier alpha value is -3.50. The predicted molar refractivity (Wildman–Crippen MR) is 161 cm³/mol. The van der Waals surface area contributed by atoms with E-state index in [0.29, 0.717) is 32.1 Å². The molecule has 2 bridgehead atoms. The summed E-state index contributed by atoms with van der Waals surface area (Å²) in [7, 11) is 0. The first kappa shape index (κ1) is 32.4. The van der Waals surface area contributed by atoms with Gasteiger partial charge in [0.25, 0.3) is 0 Å². The molecule has 0 aromatic heterocycles. The van der Waals surface area contributed by atoms with Gasteiger partial charge in [0.15, 0.2) is 0 Å². The number of fused-ring (bicyclic) bond motifs is 1. The number of aliphatic hydroxyl groups excluding tert-OH is 1. The van der Waals surface area contributed by atoms with Crippen molar-refractivity contribution in [1.82, 2.24) is 15.1 Å². The Bertz CT molecular complexity index is 1200. The lowest BCUT2D eigenvalue weighted by Gasteiger charge is -2.40. The van der Waals surface area contributed by atoms with Crippen molar-refractivity contribution in [2.24, 2.45) is 11.8 Å². The molecule has 1 aromatic carbocycles. The first-order valence-electron chi connectivity index (χ1n) is 15.2. The highest BCUT2D eigenvalue weighted by Gasteiger charge is 2.75. The number of hydrogen-bond acceptors (Lipinski definition) is 7. The number of carbonyl (C=O) groups is 4. The summed E-state index contributed by atoms with van der Waals surface area (Å²) < 4.78 is 12.3. The summed E-state index contributed by atoms with van der Waals surface area (Å²) in [4.78, 5) is 57.6. The molecule has 3 aliphatic heterocycles. The van der Waals surface area contributed by atoms with E-state index in [1.54, 1.807) is 24.0 Å². The predicted octanol–water partition coefficient (Wildman–Crippen LogP) is 2.40. The fraction of sp³-hybridized carbons (Fsp3) is 0.576. The van der Waals surface area contributed by atoms with Gasteiger partial charge in [-0.1, -0.05) is 42.5 Å². The third-order valence-corrected chi connectivity index (χ3v) is 8.87. The number of nitrogens with one attached hydrogen (secondary N) is 1. The molecule has 2 N–H and O–H groups in total. The maximum atomic E-state index is 14.4. The van der Waals surface area contributed by atoms with Crippen LogP contribution in [0.25, 0.3) is 0 Å². The average Bonchev–Trinajstić information content (AvgIpc) is 3.64. The molecule has 0 saturated carbocycles. The van der Waals surface area contributed by atoms with Crippen molar-refractivity contribution in [3.8, 4) is 0 Å². The van der Waals surface area contributed by atoms with E-state index in [1.807, 2.05) is 44.2 Å². The van der Waals surface area contributed by atoms with E-state index in [9.17, 15) is 24.3 Å². The van der Waals surface area contributed by atoms with Gasteiger partial charge in [-0.15, -0.1) is 13.2 Å². The molecule has 3 amide bonds. The van der Waals surface area contributed by atoms with Crippen LogP contribution in [0.5, 0.6) is 0 Å². The standard InChI is InChI=1S/C33H45N3O7/c1-6-8-14-26(38)34-19-22(5)42-32(41)27-25-15-16-33(43-25)28(27)30(39)36(24(20-37)18-23-12-10-9-11-13-23)29(33)31(40)35(17-7-2)21(3)4/h6-7,9-13,21-22,24-25,27-29,37H,1-2,8,14-20H2,3-5H3,(H,34,38)/t22-,24-,25+,27-,28-,29+,33-/m1/s1. The Morgan fingerprint density at radius 3 is 2.56 bits per heavy atom. The monoisotopic (exact) mass is 595 g/mol. The SMILES string of the molecule is C=CCCC(=O)NC[C@@H](C)OC(=O)[C@@H]1[C@@H]2CC[C@]3(O2)[C@H](C(=O)N(CC=C)C(C)C)N([C@@H](CO)Cc2ccccc2)C(=O)[C@@H]13. The first-order chi connectivity index (χ1) is 20.6. The summed E-state index contributed by atoms with van der Waals surface area (Å²) in [5.41, 5.74) is -0.310. The number of nitrogens with zero attached hydrogens (tertiary/aromatic N) is 2. The van der Waals surface area contributed by atoms with E-state index in [-0.39, 0.29) is 43.5 Å². The fourth-order valence-electron chi connectivity index (χ4n) is 6.92. The van der Waals surface area contributed by atoms with E-state index in [4.69, 9.17) is 9.47 Å². The van der Waals surface area contributed by atoms with Crippen LogP contribution in [-0.2, 0) is 35.1 Å². The average molecular weight is 596 g/mol. The summed E-state index contributed by atoms with van der Waals surface area (Å²) in [6.07, 6.45) is 4.21. The zero-order valence-corrected chi connectivity index (χ0v) is 25.4. The molecular formula is C33H45N3O7. The van der Waals surface area contributed by atoms with Gasteiger partial charge >= 0.3 is 5.97 Å². The number of amides is 3. The molecule has 234 valence electrons. The van der Waals surface area contributed by atoms with Gasteiger partial charge in [-0.2, -0.15) is 0 Å². The summed E-state index contributed by atoms with van der Waals surface area (Å²) in [6, 6.07) is 7.59. The second-order valence-electron chi connectivity index (χ2n) is 12.1. The second-order valence-corrected chi connectivity index (χ2v) is 12.1. The van der Waals surface area contributed by atoms with Crippen LogP contribution in [0.15, 0.2) is 55.6 Å². The van der Waals surface area contributed by atoms with Crippen molar-refractivity contribution in [1.29, 1.82) is 0 Å². The minimum atomic E-state index is -1.22. The smallest absolute Gasteiger partial charge is 0.312 e. The Balaban J connectivity index is 1.64. The zero-order valence-electron chi connectivity index (χ0n) is 25.4.